The van der Waals surface area contributed by atoms with E-state index < -0.39 is 0 Å². The molecule has 0 saturated heterocycles. The largest absolute Gasteiger partial charge is 0.480 e. The Morgan fingerprint density at radius 3 is 3.12 bits per heavy atom. The van der Waals surface area contributed by atoms with Gasteiger partial charge in [0.2, 0.25) is 11.8 Å². The van der Waals surface area contributed by atoms with Crippen molar-refractivity contribution in [2.45, 2.75) is 6.54 Å². The summed E-state index contributed by atoms with van der Waals surface area (Å²) in [5.41, 5.74) is 0. The summed E-state index contributed by atoms with van der Waals surface area (Å²) >= 11 is 3.27. The summed E-state index contributed by atoms with van der Waals surface area (Å²) in [4.78, 5) is 8.21. The maximum absolute atomic E-state index is 5.05. The Bertz CT molecular complexity index is 461. The molecular weight excluding hydrogens is 276 g/mol. The van der Waals surface area contributed by atoms with E-state index in [4.69, 9.17) is 9.26 Å². The molecule has 0 aliphatic carbocycles. The van der Waals surface area contributed by atoms with Crippen LogP contribution in [0.5, 0.6) is 5.88 Å². The molecule has 2 aromatic rings. The fourth-order valence-electron chi connectivity index (χ4n) is 1.08. The first-order valence-corrected chi connectivity index (χ1v) is 5.29. The molecule has 0 saturated carbocycles. The van der Waals surface area contributed by atoms with E-state index >= 15 is 0 Å². The van der Waals surface area contributed by atoms with Gasteiger partial charge in [0.25, 0.3) is 0 Å². The standard InChI is InChI=1S/C9H9BrN4O2/c1-15-8-7(10)5-12-9(14-8)11-4-6-2-3-13-16-6/h2-3,5H,4H2,1H3,(H,11,12,14). The van der Waals surface area contributed by atoms with Gasteiger partial charge < -0.3 is 14.6 Å². The lowest BCUT2D eigenvalue weighted by Crippen LogP contribution is -2.03. The van der Waals surface area contributed by atoms with E-state index in [1.807, 2.05) is 0 Å². The minimum absolute atomic E-state index is 0.469. The molecule has 0 spiro atoms. The molecule has 0 atom stereocenters. The van der Waals surface area contributed by atoms with Crippen LogP contribution in [0, 0.1) is 0 Å². The number of aromatic nitrogens is 3. The maximum Gasteiger partial charge on any atom is 0.232 e. The SMILES string of the molecule is COc1nc(NCc2ccno2)ncc1Br. The van der Waals surface area contributed by atoms with Crippen LogP contribution in [-0.4, -0.2) is 22.2 Å². The van der Waals surface area contributed by atoms with Gasteiger partial charge >= 0.3 is 0 Å². The lowest BCUT2D eigenvalue weighted by molar-refractivity contribution is 0.386. The van der Waals surface area contributed by atoms with E-state index in [1.54, 1.807) is 25.6 Å². The summed E-state index contributed by atoms with van der Waals surface area (Å²) in [6.07, 6.45) is 3.20. The summed E-state index contributed by atoms with van der Waals surface area (Å²) in [5, 5.41) is 6.59. The van der Waals surface area contributed by atoms with Crippen LogP contribution in [0.2, 0.25) is 0 Å². The molecule has 2 heterocycles. The number of methoxy groups -OCH3 is 1. The van der Waals surface area contributed by atoms with E-state index in [0.717, 1.165) is 0 Å². The molecule has 84 valence electrons. The van der Waals surface area contributed by atoms with Crippen molar-refractivity contribution in [3.05, 3.63) is 28.7 Å². The second kappa shape index (κ2) is 4.93. The van der Waals surface area contributed by atoms with Gasteiger partial charge in [-0.2, -0.15) is 4.98 Å². The fourth-order valence-corrected chi connectivity index (χ4v) is 1.43. The predicted octanol–water partition coefficient (Wildman–Crippen LogP) is 1.85. The zero-order valence-corrected chi connectivity index (χ0v) is 10.1. The molecule has 0 aliphatic heterocycles. The Morgan fingerprint density at radius 2 is 2.44 bits per heavy atom. The molecule has 2 rings (SSSR count). The van der Waals surface area contributed by atoms with Crippen LogP contribution in [-0.2, 0) is 6.54 Å². The minimum Gasteiger partial charge on any atom is -0.480 e. The smallest absolute Gasteiger partial charge is 0.232 e. The third kappa shape index (κ3) is 2.48. The number of ether oxygens (including phenoxy) is 1. The second-order valence-electron chi connectivity index (χ2n) is 2.88. The van der Waals surface area contributed by atoms with Gasteiger partial charge in [-0.25, -0.2) is 4.98 Å². The van der Waals surface area contributed by atoms with E-state index in [-0.39, 0.29) is 0 Å². The number of nitrogens with one attached hydrogen (secondary N) is 1. The Morgan fingerprint density at radius 1 is 1.56 bits per heavy atom. The van der Waals surface area contributed by atoms with Crippen LogP contribution in [0.4, 0.5) is 5.95 Å². The molecule has 0 radical (unpaired) electrons. The topological polar surface area (TPSA) is 73.1 Å². The van der Waals surface area contributed by atoms with Gasteiger partial charge in [-0.3, -0.25) is 0 Å². The zero-order valence-electron chi connectivity index (χ0n) is 8.48. The Balaban J connectivity index is 2.04. The average Bonchev–Trinajstić information content (AvgIpc) is 2.81. The number of halogens is 1. The van der Waals surface area contributed by atoms with Crippen LogP contribution in [0.25, 0.3) is 0 Å². The summed E-state index contributed by atoms with van der Waals surface area (Å²) in [7, 11) is 1.55. The third-order valence-electron chi connectivity index (χ3n) is 1.82. The molecule has 0 aliphatic rings. The lowest BCUT2D eigenvalue weighted by Gasteiger charge is -2.05. The molecule has 16 heavy (non-hydrogen) atoms. The van der Waals surface area contributed by atoms with Crippen molar-refractivity contribution in [3.8, 4) is 5.88 Å². The van der Waals surface area contributed by atoms with E-state index in [9.17, 15) is 0 Å². The highest BCUT2D eigenvalue weighted by molar-refractivity contribution is 9.10. The normalized spacial score (nSPS) is 10.1. The minimum atomic E-state index is 0.469. The van der Waals surface area contributed by atoms with Gasteiger partial charge in [-0.15, -0.1) is 0 Å². The van der Waals surface area contributed by atoms with Gasteiger partial charge in [0.05, 0.1) is 30.5 Å². The number of anilines is 1. The molecular formula is C9H9BrN4O2. The number of hydrogen-bond acceptors (Lipinski definition) is 6. The first kappa shape index (κ1) is 10.9. The highest BCUT2D eigenvalue weighted by Gasteiger charge is 2.05. The van der Waals surface area contributed by atoms with Gasteiger partial charge in [0, 0.05) is 6.07 Å². The molecule has 2 aromatic heterocycles. The van der Waals surface area contributed by atoms with Crippen molar-refractivity contribution >= 4 is 21.9 Å². The fraction of sp³-hybridized carbons (Fsp3) is 0.222. The number of nitrogens with zero attached hydrogens (tertiary/aromatic N) is 3. The first-order chi connectivity index (χ1) is 7.79. The Labute approximate surface area is 100 Å². The summed E-state index contributed by atoms with van der Waals surface area (Å²) < 4.78 is 10.7. The van der Waals surface area contributed by atoms with Crippen molar-refractivity contribution in [1.82, 2.24) is 15.1 Å². The van der Waals surface area contributed by atoms with Crippen LogP contribution < -0.4 is 10.1 Å². The Hall–Kier alpha value is -1.63. The molecule has 7 heteroatoms. The summed E-state index contributed by atoms with van der Waals surface area (Å²) in [6, 6.07) is 1.77. The first-order valence-electron chi connectivity index (χ1n) is 4.49. The van der Waals surface area contributed by atoms with Gasteiger partial charge in [0.15, 0.2) is 5.76 Å². The third-order valence-corrected chi connectivity index (χ3v) is 2.36. The molecule has 0 aromatic carbocycles. The number of rotatable bonds is 4. The molecule has 0 fully saturated rings. The van der Waals surface area contributed by atoms with Crippen molar-refractivity contribution in [3.63, 3.8) is 0 Å². The van der Waals surface area contributed by atoms with E-state index in [2.05, 4.69) is 36.4 Å². The molecule has 6 nitrogen and oxygen atoms in total. The summed E-state index contributed by atoms with van der Waals surface area (Å²) in [5.74, 6) is 1.66. The predicted molar refractivity (Wildman–Crippen MR) is 60.1 cm³/mol. The molecule has 0 bridgehead atoms. The van der Waals surface area contributed by atoms with Crippen LogP contribution in [0.1, 0.15) is 5.76 Å². The van der Waals surface area contributed by atoms with Crippen molar-refractivity contribution < 1.29 is 9.26 Å². The van der Waals surface area contributed by atoms with Crippen molar-refractivity contribution in [1.29, 1.82) is 0 Å². The maximum atomic E-state index is 5.05. The van der Waals surface area contributed by atoms with Gasteiger partial charge in [-0.1, -0.05) is 5.16 Å². The quantitative estimate of drug-likeness (QED) is 0.924. The van der Waals surface area contributed by atoms with Crippen LogP contribution >= 0.6 is 15.9 Å². The summed E-state index contributed by atoms with van der Waals surface area (Å²) in [6.45, 7) is 0.477. The molecule has 0 unspecified atom stereocenters. The van der Waals surface area contributed by atoms with Gasteiger partial charge in [0.1, 0.15) is 0 Å². The van der Waals surface area contributed by atoms with Crippen molar-refractivity contribution in [2.24, 2.45) is 0 Å². The Kier molecular flexibility index (Phi) is 3.35. The number of hydrogen-bond donors (Lipinski definition) is 1. The lowest BCUT2D eigenvalue weighted by atomic mass is 10.4. The van der Waals surface area contributed by atoms with Gasteiger partial charge in [-0.05, 0) is 15.9 Å². The zero-order chi connectivity index (χ0) is 11.4. The van der Waals surface area contributed by atoms with Crippen molar-refractivity contribution in [2.75, 3.05) is 12.4 Å². The second-order valence-corrected chi connectivity index (χ2v) is 3.74. The average molecular weight is 285 g/mol. The van der Waals surface area contributed by atoms with Crippen LogP contribution in [0.3, 0.4) is 0 Å². The highest BCUT2D eigenvalue weighted by atomic mass is 79.9. The molecule has 0 amide bonds. The highest BCUT2D eigenvalue weighted by Crippen LogP contribution is 2.21. The monoisotopic (exact) mass is 284 g/mol. The van der Waals surface area contributed by atoms with E-state index in [1.165, 1.54) is 0 Å². The van der Waals surface area contributed by atoms with E-state index in [0.29, 0.717) is 28.6 Å². The van der Waals surface area contributed by atoms with Crippen LogP contribution in [0.15, 0.2) is 27.5 Å². The molecule has 1 N–H and O–H groups in total.